The number of halogens is 4. The van der Waals surface area contributed by atoms with Crippen molar-refractivity contribution < 1.29 is 22.3 Å². The highest BCUT2D eigenvalue weighted by molar-refractivity contribution is 5.26. The SMILES string of the molecule is CNCc1cc(OCc2cncc(C(F)(F)F)c2)c(F)cn1. The predicted molar refractivity (Wildman–Crippen MR) is 70.5 cm³/mol. The molecule has 0 aliphatic rings. The van der Waals surface area contributed by atoms with Crippen molar-refractivity contribution in [2.75, 3.05) is 7.05 Å². The average Bonchev–Trinajstić information content (AvgIpc) is 2.47. The van der Waals surface area contributed by atoms with Crippen LogP contribution < -0.4 is 10.1 Å². The van der Waals surface area contributed by atoms with E-state index in [-0.39, 0.29) is 17.9 Å². The van der Waals surface area contributed by atoms with Gasteiger partial charge in [0.1, 0.15) is 6.61 Å². The fourth-order valence-electron chi connectivity index (χ4n) is 1.73. The van der Waals surface area contributed by atoms with Crippen LogP contribution in [0.25, 0.3) is 0 Å². The maximum atomic E-state index is 13.6. The lowest BCUT2D eigenvalue weighted by Crippen LogP contribution is -2.09. The van der Waals surface area contributed by atoms with Gasteiger partial charge < -0.3 is 10.1 Å². The number of ether oxygens (including phenoxy) is 1. The third-order valence-electron chi connectivity index (χ3n) is 2.75. The molecule has 0 fully saturated rings. The highest BCUT2D eigenvalue weighted by Crippen LogP contribution is 2.29. The first-order valence-corrected chi connectivity index (χ1v) is 6.33. The number of hydrogen-bond acceptors (Lipinski definition) is 4. The molecule has 2 aromatic heterocycles. The Morgan fingerprint density at radius 2 is 1.95 bits per heavy atom. The first-order chi connectivity index (χ1) is 10.4. The molecule has 0 saturated carbocycles. The Kier molecular flexibility index (Phi) is 4.92. The Labute approximate surface area is 124 Å². The lowest BCUT2D eigenvalue weighted by Gasteiger charge is -2.10. The van der Waals surface area contributed by atoms with Gasteiger partial charge in [0.05, 0.1) is 17.5 Å². The summed E-state index contributed by atoms with van der Waals surface area (Å²) in [7, 11) is 1.71. The van der Waals surface area contributed by atoms with E-state index in [4.69, 9.17) is 4.74 Å². The third kappa shape index (κ3) is 4.14. The van der Waals surface area contributed by atoms with Crippen molar-refractivity contribution in [2.24, 2.45) is 0 Å². The molecule has 4 nitrogen and oxygen atoms in total. The molecule has 2 aromatic rings. The van der Waals surface area contributed by atoms with E-state index in [0.717, 1.165) is 18.5 Å². The smallest absolute Gasteiger partial charge is 0.417 e. The van der Waals surface area contributed by atoms with Crippen LogP contribution in [0.2, 0.25) is 0 Å². The predicted octanol–water partition coefficient (Wildman–Crippen LogP) is 2.93. The van der Waals surface area contributed by atoms with Gasteiger partial charge in [0.15, 0.2) is 11.6 Å². The van der Waals surface area contributed by atoms with Crippen molar-refractivity contribution >= 4 is 0 Å². The van der Waals surface area contributed by atoms with Crippen molar-refractivity contribution in [1.29, 1.82) is 0 Å². The van der Waals surface area contributed by atoms with Gasteiger partial charge in [-0.3, -0.25) is 9.97 Å². The van der Waals surface area contributed by atoms with Crippen LogP contribution in [0.5, 0.6) is 5.75 Å². The third-order valence-corrected chi connectivity index (χ3v) is 2.75. The second kappa shape index (κ2) is 6.69. The Morgan fingerprint density at radius 1 is 1.18 bits per heavy atom. The minimum absolute atomic E-state index is 0.0716. The molecule has 1 N–H and O–H groups in total. The molecule has 0 bridgehead atoms. The molecule has 22 heavy (non-hydrogen) atoms. The van der Waals surface area contributed by atoms with Crippen molar-refractivity contribution in [1.82, 2.24) is 15.3 Å². The summed E-state index contributed by atoms with van der Waals surface area (Å²) in [6, 6.07) is 2.31. The first kappa shape index (κ1) is 16.2. The average molecular weight is 315 g/mol. The van der Waals surface area contributed by atoms with E-state index < -0.39 is 17.6 Å². The fraction of sp³-hybridized carbons (Fsp3) is 0.286. The first-order valence-electron chi connectivity index (χ1n) is 6.33. The quantitative estimate of drug-likeness (QED) is 0.862. The summed E-state index contributed by atoms with van der Waals surface area (Å²) >= 11 is 0. The second-order valence-corrected chi connectivity index (χ2v) is 4.50. The fourth-order valence-corrected chi connectivity index (χ4v) is 1.73. The highest BCUT2D eigenvalue weighted by Gasteiger charge is 2.31. The molecule has 0 spiro atoms. The van der Waals surface area contributed by atoms with Gasteiger partial charge in [-0.05, 0) is 13.1 Å². The minimum Gasteiger partial charge on any atom is -0.486 e. The Hall–Kier alpha value is -2.22. The topological polar surface area (TPSA) is 47.0 Å². The van der Waals surface area contributed by atoms with Gasteiger partial charge in [0.2, 0.25) is 0 Å². The lowest BCUT2D eigenvalue weighted by atomic mass is 10.2. The molecule has 0 unspecified atom stereocenters. The van der Waals surface area contributed by atoms with Gasteiger partial charge in [0.25, 0.3) is 0 Å². The largest absolute Gasteiger partial charge is 0.486 e. The standard InChI is InChI=1S/C14H13F4N3O/c1-19-6-11-3-13(12(15)7-21-11)22-8-9-2-10(5-20-4-9)14(16,17)18/h2-5,7,19H,6,8H2,1H3. The summed E-state index contributed by atoms with van der Waals surface area (Å²) < 4.78 is 56.5. The second-order valence-electron chi connectivity index (χ2n) is 4.50. The van der Waals surface area contributed by atoms with Crippen LogP contribution in [0, 0.1) is 5.82 Å². The molecule has 8 heteroatoms. The zero-order valence-corrected chi connectivity index (χ0v) is 11.6. The summed E-state index contributed by atoms with van der Waals surface area (Å²) in [6.45, 7) is 0.193. The molecule has 0 atom stereocenters. The summed E-state index contributed by atoms with van der Waals surface area (Å²) in [5, 5.41) is 2.85. The summed E-state index contributed by atoms with van der Waals surface area (Å²) in [6.07, 6.45) is -1.51. The molecular weight excluding hydrogens is 302 g/mol. The van der Waals surface area contributed by atoms with E-state index in [1.165, 1.54) is 12.3 Å². The number of hydrogen-bond donors (Lipinski definition) is 1. The Balaban J connectivity index is 2.11. The van der Waals surface area contributed by atoms with Crippen LogP contribution in [0.3, 0.4) is 0 Å². The van der Waals surface area contributed by atoms with Crippen LogP contribution >= 0.6 is 0 Å². The van der Waals surface area contributed by atoms with Crippen LogP contribution in [-0.2, 0) is 19.3 Å². The Morgan fingerprint density at radius 3 is 2.64 bits per heavy atom. The van der Waals surface area contributed by atoms with E-state index in [0.29, 0.717) is 12.2 Å². The molecule has 118 valence electrons. The summed E-state index contributed by atoms with van der Waals surface area (Å²) in [5.41, 5.74) is -0.123. The number of rotatable bonds is 5. The normalized spacial score (nSPS) is 11.5. The maximum Gasteiger partial charge on any atom is 0.417 e. The highest BCUT2D eigenvalue weighted by atomic mass is 19.4. The van der Waals surface area contributed by atoms with Gasteiger partial charge in [-0.15, -0.1) is 0 Å². The van der Waals surface area contributed by atoms with Crippen LogP contribution in [0.1, 0.15) is 16.8 Å². The van der Waals surface area contributed by atoms with Crippen LogP contribution in [0.4, 0.5) is 17.6 Å². The molecular formula is C14H13F4N3O. The van der Waals surface area contributed by atoms with E-state index in [1.54, 1.807) is 7.05 Å². The van der Waals surface area contributed by atoms with E-state index >= 15 is 0 Å². The molecule has 2 rings (SSSR count). The van der Waals surface area contributed by atoms with Gasteiger partial charge >= 0.3 is 6.18 Å². The van der Waals surface area contributed by atoms with Gasteiger partial charge in [-0.1, -0.05) is 0 Å². The zero-order chi connectivity index (χ0) is 16.2. The molecule has 0 radical (unpaired) electrons. The van der Waals surface area contributed by atoms with Gasteiger partial charge in [-0.25, -0.2) is 4.39 Å². The van der Waals surface area contributed by atoms with Crippen molar-refractivity contribution in [3.63, 3.8) is 0 Å². The van der Waals surface area contributed by atoms with Crippen LogP contribution in [0.15, 0.2) is 30.7 Å². The number of pyridine rings is 2. The number of alkyl halides is 3. The van der Waals surface area contributed by atoms with Crippen molar-refractivity contribution in [3.05, 3.63) is 53.4 Å². The van der Waals surface area contributed by atoms with E-state index in [2.05, 4.69) is 15.3 Å². The van der Waals surface area contributed by atoms with Crippen LogP contribution in [-0.4, -0.2) is 17.0 Å². The van der Waals surface area contributed by atoms with Gasteiger partial charge in [-0.2, -0.15) is 13.2 Å². The minimum atomic E-state index is -4.48. The molecule has 0 aliphatic heterocycles. The molecule has 0 aliphatic carbocycles. The molecule has 0 saturated heterocycles. The monoisotopic (exact) mass is 315 g/mol. The number of nitrogens with one attached hydrogen (secondary N) is 1. The Bertz CT molecular complexity index is 646. The zero-order valence-electron chi connectivity index (χ0n) is 11.6. The maximum absolute atomic E-state index is 13.6. The van der Waals surface area contributed by atoms with Crippen molar-refractivity contribution in [2.45, 2.75) is 19.3 Å². The lowest BCUT2D eigenvalue weighted by molar-refractivity contribution is -0.137. The van der Waals surface area contributed by atoms with E-state index in [9.17, 15) is 17.6 Å². The molecule has 2 heterocycles. The van der Waals surface area contributed by atoms with Gasteiger partial charge in [0, 0.05) is 30.6 Å². The molecule has 0 amide bonds. The molecule has 0 aromatic carbocycles. The van der Waals surface area contributed by atoms with Crippen molar-refractivity contribution in [3.8, 4) is 5.75 Å². The summed E-state index contributed by atoms with van der Waals surface area (Å²) in [4.78, 5) is 7.37. The van der Waals surface area contributed by atoms with E-state index in [1.807, 2.05) is 0 Å². The summed E-state index contributed by atoms with van der Waals surface area (Å²) in [5.74, 6) is -0.752. The number of aromatic nitrogens is 2. The number of nitrogens with zero attached hydrogens (tertiary/aromatic N) is 2.